The molecule has 0 unspecified atom stereocenters. The Bertz CT molecular complexity index is 710. The molecule has 0 aliphatic carbocycles. The number of ether oxygens (including phenoxy) is 5. The van der Waals surface area contributed by atoms with Crippen molar-refractivity contribution in [1.82, 2.24) is 0 Å². The Morgan fingerprint density at radius 1 is 0.643 bits per heavy atom. The van der Waals surface area contributed by atoms with E-state index in [1.165, 1.54) is 71.1 Å². The first-order valence-electron chi connectivity index (χ1n) is 15.9. The molecule has 12 nitrogen and oxygen atoms in total. The molecule has 0 radical (unpaired) electrons. The van der Waals surface area contributed by atoms with Crippen molar-refractivity contribution in [1.29, 1.82) is 0 Å². The van der Waals surface area contributed by atoms with Crippen LogP contribution in [-0.2, 0) is 28.5 Å². The maximum Gasteiger partial charge on any atom is 0.302 e. The third-order valence-corrected chi connectivity index (χ3v) is 8.02. The summed E-state index contributed by atoms with van der Waals surface area (Å²) in [7, 11) is 0. The zero-order valence-corrected chi connectivity index (χ0v) is 25.4. The van der Waals surface area contributed by atoms with Gasteiger partial charge in [0.1, 0.15) is 55.4 Å². The quantitative estimate of drug-likeness (QED) is 0.0820. The molecule has 0 spiro atoms. The van der Waals surface area contributed by atoms with Crippen molar-refractivity contribution >= 4 is 5.97 Å². The number of esters is 1. The van der Waals surface area contributed by atoms with Gasteiger partial charge in [0, 0.05) is 13.5 Å². The zero-order valence-electron chi connectivity index (χ0n) is 25.4. The molecule has 2 rings (SSSR count). The van der Waals surface area contributed by atoms with E-state index in [0.29, 0.717) is 0 Å². The maximum atomic E-state index is 11.3. The van der Waals surface area contributed by atoms with Crippen molar-refractivity contribution in [3.05, 3.63) is 0 Å². The molecule has 0 bridgehead atoms. The van der Waals surface area contributed by atoms with E-state index in [0.717, 1.165) is 25.7 Å². The van der Waals surface area contributed by atoms with Crippen LogP contribution in [0.1, 0.15) is 104 Å². The fourth-order valence-corrected chi connectivity index (χ4v) is 5.35. The van der Waals surface area contributed by atoms with Gasteiger partial charge in [-0.25, -0.2) is 0 Å². The molecule has 0 aromatic carbocycles. The minimum atomic E-state index is -1.71. The van der Waals surface area contributed by atoms with E-state index in [2.05, 4.69) is 6.92 Å². The van der Waals surface area contributed by atoms with Gasteiger partial charge in [0.05, 0.1) is 6.61 Å². The lowest BCUT2D eigenvalue weighted by Crippen LogP contribution is -2.64. The monoisotopic (exact) mass is 608 g/mol. The summed E-state index contributed by atoms with van der Waals surface area (Å²) in [5.74, 6) is -0.583. The van der Waals surface area contributed by atoms with Crippen LogP contribution in [0.2, 0.25) is 0 Å². The van der Waals surface area contributed by atoms with E-state index in [1.807, 2.05) is 0 Å². The smallest absolute Gasteiger partial charge is 0.302 e. The van der Waals surface area contributed by atoms with E-state index in [9.17, 15) is 35.4 Å². The number of hydrogen-bond acceptors (Lipinski definition) is 12. The van der Waals surface area contributed by atoms with Crippen LogP contribution in [0.3, 0.4) is 0 Å². The summed E-state index contributed by atoms with van der Waals surface area (Å²) in [5, 5.41) is 61.4. The maximum absolute atomic E-state index is 11.3. The van der Waals surface area contributed by atoms with Crippen molar-refractivity contribution in [2.75, 3.05) is 19.8 Å². The second-order valence-electron chi connectivity index (χ2n) is 11.6. The minimum Gasteiger partial charge on any atom is -0.463 e. The van der Waals surface area contributed by atoms with E-state index >= 15 is 0 Å². The van der Waals surface area contributed by atoms with Crippen LogP contribution < -0.4 is 0 Å². The minimum absolute atomic E-state index is 0.264. The van der Waals surface area contributed by atoms with Crippen LogP contribution in [0, 0.1) is 0 Å². The second-order valence-corrected chi connectivity index (χ2v) is 11.6. The summed E-state index contributed by atoms with van der Waals surface area (Å²) in [4.78, 5) is 11.3. The molecule has 2 heterocycles. The standard InChI is InChI=1S/C30H56O12/c1-3-4-5-6-7-8-9-10-11-12-13-14-15-16-17-38-30-28(26(36)24(34)22(41-30)19-39-20(2)32)42-29-27(37)25(35)23(33)21(18-31)40-29/h21-31,33-37H,3-19H2,1-2H3/t21-,22-,23-,24-,25+,26+,27-,28-,29+,30-/m1/s1. The van der Waals surface area contributed by atoms with Crippen LogP contribution in [0.15, 0.2) is 0 Å². The summed E-state index contributed by atoms with van der Waals surface area (Å²) in [6.45, 7) is 2.74. The molecule has 2 fully saturated rings. The van der Waals surface area contributed by atoms with Crippen LogP contribution in [-0.4, -0.2) is 118 Å². The third-order valence-electron chi connectivity index (χ3n) is 8.02. The number of unbranched alkanes of at least 4 members (excludes halogenated alkanes) is 13. The average molecular weight is 609 g/mol. The lowest BCUT2D eigenvalue weighted by Gasteiger charge is -2.46. The Morgan fingerprint density at radius 3 is 1.67 bits per heavy atom. The van der Waals surface area contributed by atoms with Gasteiger partial charge in [0.2, 0.25) is 0 Å². The first kappa shape index (κ1) is 37.3. The lowest BCUT2D eigenvalue weighted by molar-refractivity contribution is -0.367. The average Bonchev–Trinajstić information content (AvgIpc) is 2.97. The summed E-state index contributed by atoms with van der Waals surface area (Å²) >= 11 is 0. The first-order valence-corrected chi connectivity index (χ1v) is 15.9. The van der Waals surface area contributed by atoms with Gasteiger partial charge in [0.25, 0.3) is 0 Å². The molecule has 6 N–H and O–H groups in total. The molecule has 0 aromatic heterocycles. The van der Waals surface area contributed by atoms with Gasteiger partial charge in [-0.15, -0.1) is 0 Å². The van der Waals surface area contributed by atoms with Gasteiger partial charge < -0.3 is 54.3 Å². The van der Waals surface area contributed by atoms with Crippen molar-refractivity contribution in [3.8, 4) is 0 Å². The number of rotatable bonds is 21. The largest absolute Gasteiger partial charge is 0.463 e. The molecule has 10 atom stereocenters. The van der Waals surface area contributed by atoms with Crippen molar-refractivity contribution in [2.45, 2.75) is 165 Å². The van der Waals surface area contributed by atoms with E-state index < -0.39 is 74.0 Å². The molecule has 0 aromatic rings. The molecular weight excluding hydrogens is 552 g/mol. The van der Waals surface area contributed by atoms with Crippen LogP contribution in [0.4, 0.5) is 0 Å². The summed E-state index contributed by atoms with van der Waals surface area (Å²) in [5.41, 5.74) is 0. The van der Waals surface area contributed by atoms with Crippen LogP contribution in [0.5, 0.6) is 0 Å². The fourth-order valence-electron chi connectivity index (χ4n) is 5.35. The summed E-state index contributed by atoms with van der Waals surface area (Å²) < 4.78 is 27.7. The van der Waals surface area contributed by atoms with Gasteiger partial charge in [0.15, 0.2) is 12.6 Å². The molecular formula is C30H56O12. The highest BCUT2D eigenvalue weighted by atomic mass is 16.8. The Labute approximate surface area is 250 Å². The topological polar surface area (TPSA) is 185 Å². The van der Waals surface area contributed by atoms with Crippen LogP contribution >= 0.6 is 0 Å². The highest BCUT2D eigenvalue weighted by Crippen LogP contribution is 2.30. The summed E-state index contributed by atoms with van der Waals surface area (Å²) in [6, 6.07) is 0. The molecule has 2 aliphatic rings. The zero-order chi connectivity index (χ0) is 30.9. The van der Waals surface area contributed by atoms with Gasteiger partial charge in [-0.1, -0.05) is 90.4 Å². The predicted octanol–water partition coefficient (Wildman–Crippen LogP) is 1.68. The number of aliphatic hydroxyl groups is 6. The van der Waals surface area contributed by atoms with Crippen molar-refractivity contribution in [3.63, 3.8) is 0 Å². The molecule has 2 aliphatic heterocycles. The molecule has 0 saturated carbocycles. The third kappa shape index (κ3) is 12.6. The van der Waals surface area contributed by atoms with Gasteiger partial charge >= 0.3 is 5.97 Å². The number of carbonyl (C=O) groups excluding carboxylic acids is 1. The Hall–Kier alpha value is -0.930. The Kier molecular flexibility index (Phi) is 18.6. The molecule has 248 valence electrons. The van der Waals surface area contributed by atoms with Gasteiger partial charge in [-0.05, 0) is 6.42 Å². The van der Waals surface area contributed by atoms with E-state index in [-0.39, 0.29) is 13.2 Å². The van der Waals surface area contributed by atoms with E-state index in [4.69, 9.17) is 23.7 Å². The SMILES string of the molecule is CCCCCCCCCCCCCCCCO[C@@H]1O[C@H](COC(C)=O)[C@@H](O)[C@H](O)[C@H]1O[C@@H]1O[C@H](CO)[C@@H](O)[C@H](O)[C@H]1O. The number of hydrogen-bond donors (Lipinski definition) is 6. The van der Waals surface area contributed by atoms with Crippen LogP contribution in [0.25, 0.3) is 0 Å². The first-order chi connectivity index (χ1) is 20.2. The second kappa shape index (κ2) is 20.9. The van der Waals surface area contributed by atoms with Crippen molar-refractivity contribution in [2.24, 2.45) is 0 Å². The molecule has 2 saturated heterocycles. The lowest BCUT2D eigenvalue weighted by atomic mass is 9.97. The Morgan fingerprint density at radius 2 is 1.14 bits per heavy atom. The molecule has 12 heteroatoms. The summed E-state index contributed by atoms with van der Waals surface area (Å²) in [6.07, 6.45) is 2.40. The highest BCUT2D eigenvalue weighted by Gasteiger charge is 2.51. The molecule has 42 heavy (non-hydrogen) atoms. The fraction of sp³-hybridized carbons (Fsp3) is 0.967. The number of aliphatic hydroxyl groups excluding tert-OH is 6. The van der Waals surface area contributed by atoms with Crippen molar-refractivity contribution < 1.29 is 59.1 Å². The van der Waals surface area contributed by atoms with Gasteiger partial charge in [-0.2, -0.15) is 0 Å². The van der Waals surface area contributed by atoms with Gasteiger partial charge in [-0.3, -0.25) is 4.79 Å². The predicted molar refractivity (Wildman–Crippen MR) is 152 cm³/mol. The van der Waals surface area contributed by atoms with E-state index in [1.54, 1.807) is 0 Å². The molecule has 0 amide bonds. The highest BCUT2D eigenvalue weighted by molar-refractivity contribution is 5.65. The Balaban J connectivity index is 1.79. The number of carbonyl (C=O) groups is 1. The normalized spacial score (nSPS) is 33.5.